The number of hydrogen-bond donors (Lipinski definition) is 3. The molecule has 0 bridgehead atoms. The lowest BCUT2D eigenvalue weighted by Crippen LogP contribution is -2.11. The number of aromatic nitrogens is 1. The number of nitrogens with one attached hydrogen (secondary N) is 2. The summed E-state index contributed by atoms with van der Waals surface area (Å²) in [5.41, 5.74) is 8.15. The Labute approximate surface area is 128 Å². The number of hydrogen-bond acceptors (Lipinski definition) is 2. The maximum atomic E-state index is 13.2. The Morgan fingerprint density at radius 2 is 2.05 bits per heavy atom. The van der Waals surface area contributed by atoms with Crippen molar-refractivity contribution in [2.45, 2.75) is 0 Å². The molecule has 0 spiro atoms. The van der Waals surface area contributed by atoms with E-state index in [2.05, 4.69) is 26.2 Å². The number of carbonyl (C=O) groups excluding carboxylic acids is 1. The molecule has 1 aromatic heterocycles. The third-order valence-electron chi connectivity index (χ3n) is 3.13. The van der Waals surface area contributed by atoms with Crippen LogP contribution in [0.4, 0.5) is 15.8 Å². The molecule has 3 aromatic rings. The summed E-state index contributed by atoms with van der Waals surface area (Å²) in [6, 6.07) is 9.61. The molecule has 6 heteroatoms. The van der Waals surface area contributed by atoms with Crippen molar-refractivity contribution in [3.8, 4) is 0 Å². The summed E-state index contributed by atoms with van der Waals surface area (Å²) in [7, 11) is 0. The topological polar surface area (TPSA) is 70.9 Å². The molecule has 1 amide bonds. The number of carbonyl (C=O) groups is 1. The molecule has 0 atom stereocenters. The van der Waals surface area contributed by atoms with Crippen molar-refractivity contribution in [1.82, 2.24) is 4.98 Å². The van der Waals surface area contributed by atoms with Gasteiger partial charge in [-0.3, -0.25) is 4.79 Å². The first-order valence-corrected chi connectivity index (χ1v) is 6.97. The van der Waals surface area contributed by atoms with E-state index in [1.807, 2.05) is 6.07 Å². The van der Waals surface area contributed by atoms with Crippen LogP contribution in [0.15, 0.2) is 47.1 Å². The van der Waals surface area contributed by atoms with Crippen LogP contribution in [0.25, 0.3) is 10.9 Å². The van der Waals surface area contributed by atoms with E-state index in [1.165, 1.54) is 18.2 Å². The molecule has 0 aliphatic rings. The highest BCUT2D eigenvalue weighted by Crippen LogP contribution is 2.24. The Morgan fingerprint density at radius 3 is 2.81 bits per heavy atom. The van der Waals surface area contributed by atoms with Gasteiger partial charge in [-0.25, -0.2) is 4.39 Å². The van der Waals surface area contributed by atoms with Crippen molar-refractivity contribution in [3.05, 3.63) is 58.4 Å². The maximum absolute atomic E-state index is 13.2. The van der Waals surface area contributed by atoms with Crippen molar-refractivity contribution in [2.75, 3.05) is 11.1 Å². The number of halogens is 2. The number of rotatable bonds is 2. The summed E-state index contributed by atoms with van der Waals surface area (Å²) in [6.45, 7) is 0. The Hall–Kier alpha value is -2.34. The minimum Gasteiger partial charge on any atom is -0.399 e. The van der Waals surface area contributed by atoms with Gasteiger partial charge >= 0.3 is 0 Å². The van der Waals surface area contributed by atoms with Gasteiger partial charge in [0, 0.05) is 28.5 Å². The quantitative estimate of drug-likeness (QED) is 0.615. The second kappa shape index (κ2) is 5.21. The molecule has 2 aromatic carbocycles. The van der Waals surface area contributed by atoms with Crippen LogP contribution >= 0.6 is 15.9 Å². The van der Waals surface area contributed by atoms with Gasteiger partial charge in [0.1, 0.15) is 5.82 Å². The minimum atomic E-state index is -0.382. The van der Waals surface area contributed by atoms with Gasteiger partial charge < -0.3 is 16.0 Å². The zero-order valence-electron chi connectivity index (χ0n) is 10.8. The highest BCUT2D eigenvalue weighted by Gasteiger charge is 2.13. The number of benzene rings is 2. The first-order chi connectivity index (χ1) is 10.0. The molecule has 0 fully saturated rings. The lowest BCUT2D eigenvalue weighted by Gasteiger charge is -2.05. The van der Waals surface area contributed by atoms with Gasteiger partial charge in [0.15, 0.2) is 0 Å². The Balaban J connectivity index is 1.93. The molecule has 0 radical (unpaired) electrons. The Bertz CT molecular complexity index is 844. The number of fused-ring (bicyclic) bond motifs is 1. The van der Waals surface area contributed by atoms with E-state index in [-0.39, 0.29) is 11.7 Å². The summed E-state index contributed by atoms with van der Waals surface area (Å²) >= 11 is 3.09. The van der Waals surface area contributed by atoms with Crippen LogP contribution in [0.5, 0.6) is 0 Å². The molecule has 3 rings (SSSR count). The zero-order valence-corrected chi connectivity index (χ0v) is 12.4. The average molecular weight is 348 g/mol. The SMILES string of the molecule is Nc1ccc2[nH]cc(C(=O)Nc3ccc(F)c(Br)c3)c2c1. The highest BCUT2D eigenvalue weighted by atomic mass is 79.9. The smallest absolute Gasteiger partial charge is 0.257 e. The van der Waals surface area contributed by atoms with Gasteiger partial charge in [-0.05, 0) is 52.3 Å². The molecule has 0 saturated heterocycles. The van der Waals surface area contributed by atoms with Crippen LogP contribution in [0.1, 0.15) is 10.4 Å². The van der Waals surface area contributed by atoms with Crippen LogP contribution in [-0.4, -0.2) is 10.9 Å². The van der Waals surface area contributed by atoms with Crippen LogP contribution in [0.2, 0.25) is 0 Å². The Morgan fingerprint density at radius 1 is 1.24 bits per heavy atom. The second-order valence-corrected chi connectivity index (χ2v) is 5.44. The van der Waals surface area contributed by atoms with Crippen LogP contribution < -0.4 is 11.1 Å². The fourth-order valence-electron chi connectivity index (χ4n) is 2.10. The van der Waals surface area contributed by atoms with Crippen LogP contribution in [0.3, 0.4) is 0 Å². The molecular formula is C15H11BrFN3O. The van der Waals surface area contributed by atoms with Crippen molar-refractivity contribution in [1.29, 1.82) is 0 Å². The maximum Gasteiger partial charge on any atom is 0.257 e. The fourth-order valence-corrected chi connectivity index (χ4v) is 2.48. The molecule has 4 N–H and O–H groups in total. The average Bonchev–Trinajstić information content (AvgIpc) is 2.86. The molecule has 106 valence electrons. The number of H-pyrrole nitrogens is 1. The van der Waals surface area contributed by atoms with E-state index in [0.29, 0.717) is 21.4 Å². The van der Waals surface area contributed by atoms with Gasteiger partial charge in [-0.1, -0.05) is 0 Å². The van der Waals surface area contributed by atoms with E-state index >= 15 is 0 Å². The van der Waals surface area contributed by atoms with Crippen molar-refractivity contribution in [3.63, 3.8) is 0 Å². The van der Waals surface area contributed by atoms with E-state index < -0.39 is 0 Å². The molecule has 0 aliphatic carbocycles. The van der Waals surface area contributed by atoms with Crippen LogP contribution in [-0.2, 0) is 0 Å². The minimum absolute atomic E-state index is 0.287. The predicted molar refractivity (Wildman–Crippen MR) is 84.8 cm³/mol. The van der Waals surface area contributed by atoms with E-state index in [9.17, 15) is 9.18 Å². The fraction of sp³-hybridized carbons (Fsp3) is 0. The monoisotopic (exact) mass is 347 g/mol. The van der Waals surface area contributed by atoms with E-state index in [1.54, 1.807) is 18.3 Å². The normalized spacial score (nSPS) is 10.8. The predicted octanol–water partition coefficient (Wildman–Crippen LogP) is 3.90. The first kappa shape index (κ1) is 13.6. The van der Waals surface area contributed by atoms with E-state index in [4.69, 9.17) is 5.73 Å². The third kappa shape index (κ3) is 2.62. The van der Waals surface area contributed by atoms with Gasteiger partial charge in [0.2, 0.25) is 0 Å². The largest absolute Gasteiger partial charge is 0.399 e. The first-order valence-electron chi connectivity index (χ1n) is 6.17. The van der Waals surface area contributed by atoms with Gasteiger partial charge in [-0.2, -0.15) is 0 Å². The second-order valence-electron chi connectivity index (χ2n) is 4.59. The lowest BCUT2D eigenvalue weighted by molar-refractivity contribution is 0.102. The van der Waals surface area contributed by atoms with Crippen molar-refractivity contribution >= 4 is 44.1 Å². The molecule has 1 heterocycles. The summed E-state index contributed by atoms with van der Waals surface area (Å²) < 4.78 is 13.5. The summed E-state index contributed by atoms with van der Waals surface area (Å²) in [6.07, 6.45) is 1.62. The Kier molecular flexibility index (Phi) is 3.39. The number of nitrogens with two attached hydrogens (primary N) is 1. The summed E-state index contributed by atoms with van der Waals surface area (Å²) in [5, 5.41) is 3.47. The van der Waals surface area contributed by atoms with Crippen LogP contribution in [0, 0.1) is 5.82 Å². The molecule has 0 aliphatic heterocycles. The molecular weight excluding hydrogens is 337 g/mol. The molecule has 21 heavy (non-hydrogen) atoms. The number of aromatic amines is 1. The number of nitrogen functional groups attached to an aromatic ring is 1. The van der Waals surface area contributed by atoms with Crippen molar-refractivity contribution < 1.29 is 9.18 Å². The van der Waals surface area contributed by atoms with Gasteiger partial charge in [0.25, 0.3) is 5.91 Å². The zero-order chi connectivity index (χ0) is 15.0. The van der Waals surface area contributed by atoms with Gasteiger partial charge in [-0.15, -0.1) is 0 Å². The molecule has 0 saturated carbocycles. The summed E-state index contributed by atoms with van der Waals surface area (Å²) in [4.78, 5) is 15.3. The van der Waals surface area contributed by atoms with E-state index in [0.717, 1.165) is 10.9 Å². The molecule has 4 nitrogen and oxygen atoms in total. The third-order valence-corrected chi connectivity index (χ3v) is 3.74. The standard InChI is InChI=1S/C15H11BrFN3O/c16-12-6-9(2-3-13(12)17)20-15(21)11-7-19-14-4-1-8(18)5-10(11)14/h1-7,19H,18H2,(H,20,21). The van der Waals surface area contributed by atoms with Gasteiger partial charge in [0.05, 0.1) is 10.0 Å². The number of amides is 1. The lowest BCUT2D eigenvalue weighted by atomic mass is 10.1. The summed E-state index contributed by atoms with van der Waals surface area (Å²) in [5.74, 6) is -0.668. The highest BCUT2D eigenvalue weighted by molar-refractivity contribution is 9.10. The van der Waals surface area contributed by atoms with Crippen molar-refractivity contribution in [2.24, 2.45) is 0 Å². The number of anilines is 2. The molecule has 0 unspecified atom stereocenters.